The smallest absolute Gasteiger partial charge is 0.329 e. The molecule has 0 spiro atoms. The predicted octanol–water partition coefficient (Wildman–Crippen LogP) is 3.29. The summed E-state index contributed by atoms with van der Waals surface area (Å²) >= 11 is 5.77. The molecule has 0 aliphatic heterocycles. The second-order valence-corrected chi connectivity index (χ2v) is 5.73. The van der Waals surface area contributed by atoms with Crippen LogP contribution in [0.15, 0.2) is 48.5 Å². The Hall–Kier alpha value is -2.40. The van der Waals surface area contributed by atoms with E-state index in [2.05, 4.69) is 5.32 Å². The lowest BCUT2D eigenvalue weighted by Crippen LogP contribution is -2.53. The van der Waals surface area contributed by atoms with Gasteiger partial charge in [0.05, 0.1) is 10.6 Å². The minimum atomic E-state index is -1.55. The predicted molar refractivity (Wildman–Crippen MR) is 85.1 cm³/mol. The molecule has 2 aromatic carbocycles. The van der Waals surface area contributed by atoms with Gasteiger partial charge < -0.3 is 10.4 Å². The molecule has 120 valence electrons. The third kappa shape index (κ3) is 3.87. The van der Waals surface area contributed by atoms with Gasteiger partial charge in [-0.15, -0.1) is 0 Å². The van der Waals surface area contributed by atoms with Gasteiger partial charge in [0.25, 0.3) is 5.91 Å². The van der Waals surface area contributed by atoms with Gasteiger partial charge in [-0.2, -0.15) is 0 Å². The van der Waals surface area contributed by atoms with E-state index in [-0.39, 0.29) is 17.0 Å². The molecule has 0 heterocycles. The number of hydrogen-bond donors (Lipinski definition) is 2. The lowest BCUT2D eigenvalue weighted by atomic mass is 9.92. The zero-order chi connectivity index (χ0) is 17.0. The van der Waals surface area contributed by atoms with Crippen molar-refractivity contribution in [1.82, 2.24) is 5.32 Å². The van der Waals surface area contributed by atoms with Crippen LogP contribution in [0.2, 0.25) is 5.02 Å². The third-order valence-electron chi connectivity index (χ3n) is 3.46. The largest absolute Gasteiger partial charge is 0.480 e. The Morgan fingerprint density at radius 2 is 1.83 bits per heavy atom. The zero-order valence-electron chi connectivity index (χ0n) is 12.3. The molecule has 2 aromatic rings. The van der Waals surface area contributed by atoms with Gasteiger partial charge >= 0.3 is 5.97 Å². The van der Waals surface area contributed by atoms with Crippen LogP contribution in [0.1, 0.15) is 22.8 Å². The number of carboxylic acids is 1. The van der Waals surface area contributed by atoms with E-state index in [0.29, 0.717) is 0 Å². The summed E-state index contributed by atoms with van der Waals surface area (Å²) in [7, 11) is 0. The van der Waals surface area contributed by atoms with E-state index in [9.17, 15) is 19.1 Å². The summed E-state index contributed by atoms with van der Waals surface area (Å²) < 4.78 is 13.4. The topological polar surface area (TPSA) is 66.4 Å². The van der Waals surface area contributed by atoms with E-state index in [1.165, 1.54) is 19.1 Å². The Morgan fingerprint density at radius 1 is 1.17 bits per heavy atom. The zero-order valence-corrected chi connectivity index (χ0v) is 13.1. The number of amides is 1. The van der Waals surface area contributed by atoms with Crippen LogP contribution in [0.4, 0.5) is 4.39 Å². The minimum absolute atomic E-state index is 0.0852. The average Bonchev–Trinajstić information content (AvgIpc) is 2.50. The first-order valence-corrected chi connectivity index (χ1v) is 7.25. The van der Waals surface area contributed by atoms with E-state index in [1.807, 2.05) is 6.07 Å². The molecule has 1 amide bonds. The standard InChI is InChI=1S/C17H15ClFNO3/c1-17(16(22)23,10-11-6-3-2-4-7-11)20-15(21)12-8-5-9-13(19)14(12)18/h2-9H,10H2,1H3,(H,20,21)(H,22,23). The van der Waals surface area contributed by atoms with Gasteiger partial charge in [-0.3, -0.25) is 4.79 Å². The third-order valence-corrected chi connectivity index (χ3v) is 3.84. The van der Waals surface area contributed by atoms with Crippen molar-refractivity contribution in [3.05, 3.63) is 70.5 Å². The highest BCUT2D eigenvalue weighted by Gasteiger charge is 2.35. The first-order valence-electron chi connectivity index (χ1n) is 6.87. The number of carboxylic acid groups (broad SMARTS) is 1. The molecule has 4 nitrogen and oxygen atoms in total. The summed E-state index contributed by atoms with van der Waals surface area (Å²) in [6, 6.07) is 12.7. The summed E-state index contributed by atoms with van der Waals surface area (Å²) in [5, 5.41) is 11.6. The molecule has 0 saturated heterocycles. The number of nitrogens with one attached hydrogen (secondary N) is 1. The van der Waals surface area contributed by atoms with Gasteiger partial charge in [-0.05, 0) is 24.6 Å². The van der Waals surface area contributed by atoms with Crippen LogP contribution in [0.5, 0.6) is 0 Å². The van der Waals surface area contributed by atoms with Crippen LogP contribution in [0.3, 0.4) is 0 Å². The van der Waals surface area contributed by atoms with Crippen molar-refractivity contribution in [1.29, 1.82) is 0 Å². The Bertz CT molecular complexity index is 736. The average molecular weight is 336 g/mol. The number of aliphatic carboxylic acids is 1. The molecule has 0 aliphatic rings. The van der Waals surface area contributed by atoms with Crippen LogP contribution in [0, 0.1) is 5.82 Å². The van der Waals surface area contributed by atoms with Crippen LogP contribution in [-0.4, -0.2) is 22.5 Å². The fraction of sp³-hybridized carbons (Fsp3) is 0.176. The summed E-state index contributed by atoms with van der Waals surface area (Å²) in [6.07, 6.45) is 0.0852. The highest BCUT2D eigenvalue weighted by Crippen LogP contribution is 2.21. The quantitative estimate of drug-likeness (QED) is 0.881. The van der Waals surface area contributed by atoms with E-state index in [1.54, 1.807) is 24.3 Å². The SMILES string of the molecule is CC(Cc1ccccc1)(NC(=O)c1cccc(F)c1Cl)C(=O)O. The summed E-state index contributed by atoms with van der Waals surface area (Å²) in [4.78, 5) is 23.9. The molecule has 0 fully saturated rings. The molecule has 0 aliphatic carbocycles. The highest BCUT2D eigenvalue weighted by molar-refractivity contribution is 6.34. The normalized spacial score (nSPS) is 13.2. The van der Waals surface area contributed by atoms with Gasteiger partial charge in [0.2, 0.25) is 0 Å². The Kier molecular flexibility index (Phi) is 5.01. The van der Waals surface area contributed by atoms with Gasteiger partial charge in [-0.1, -0.05) is 48.0 Å². The molecular weight excluding hydrogens is 321 g/mol. The van der Waals surface area contributed by atoms with Crippen LogP contribution < -0.4 is 5.32 Å². The number of carbonyl (C=O) groups is 2. The fourth-order valence-corrected chi connectivity index (χ4v) is 2.39. The van der Waals surface area contributed by atoms with E-state index in [4.69, 9.17) is 11.6 Å². The second-order valence-electron chi connectivity index (χ2n) is 5.36. The number of rotatable bonds is 5. The van der Waals surface area contributed by atoms with Gasteiger partial charge in [0.15, 0.2) is 0 Å². The minimum Gasteiger partial charge on any atom is -0.480 e. The Morgan fingerprint density at radius 3 is 2.43 bits per heavy atom. The van der Waals surface area contributed by atoms with Crippen molar-refractivity contribution in [2.24, 2.45) is 0 Å². The maximum atomic E-state index is 13.4. The molecule has 0 aromatic heterocycles. The van der Waals surface area contributed by atoms with Gasteiger partial charge in [-0.25, -0.2) is 9.18 Å². The number of hydrogen-bond acceptors (Lipinski definition) is 2. The monoisotopic (exact) mass is 335 g/mol. The lowest BCUT2D eigenvalue weighted by molar-refractivity contribution is -0.143. The van der Waals surface area contributed by atoms with E-state index in [0.717, 1.165) is 11.6 Å². The van der Waals surface area contributed by atoms with Crippen molar-refractivity contribution < 1.29 is 19.1 Å². The second kappa shape index (κ2) is 6.79. The molecule has 0 saturated carbocycles. The molecule has 23 heavy (non-hydrogen) atoms. The Labute approximate surface area is 137 Å². The van der Waals surface area contributed by atoms with Gasteiger partial charge in [0, 0.05) is 6.42 Å². The maximum absolute atomic E-state index is 13.4. The molecule has 2 rings (SSSR count). The van der Waals surface area contributed by atoms with Gasteiger partial charge in [0.1, 0.15) is 11.4 Å². The molecule has 1 atom stereocenters. The van der Waals surface area contributed by atoms with Crippen LogP contribution >= 0.6 is 11.6 Å². The lowest BCUT2D eigenvalue weighted by Gasteiger charge is -2.26. The molecule has 2 N–H and O–H groups in total. The summed E-state index contributed by atoms with van der Waals surface area (Å²) in [6.45, 7) is 1.40. The van der Waals surface area contributed by atoms with Crippen molar-refractivity contribution in [3.63, 3.8) is 0 Å². The van der Waals surface area contributed by atoms with Crippen LogP contribution in [0.25, 0.3) is 0 Å². The number of benzene rings is 2. The fourth-order valence-electron chi connectivity index (χ4n) is 2.17. The Balaban J connectivity index is 2.27. The molecule has 6 heteroatoms. The number of halogens is 2. The van der Waals surface area contributed by atoms with Crippen molar-refractivity contribution >= 4 is 23.5 Å². The van der Waals surface area contributed by atoms with E-state index < -0.39 is 23.2 Å². The van der Waals surface area contributed by atoms with E-state index >= 15 is 0 Å². The van der Waals surface area contributed by atoms with Crippen LogP contribution in [-0.2, 0) is 11.2 Å². The molecule has 1 unspecified atom stereocenters. The molecule has 0 bridgehead atoms. The highest BCUT2D eigenvalue weighted by atomic mass is 35.5. The van der Waals surface area contributed by atoms with Crippen molar-refractivity contribution in [3.8, 4) is 0 Å². The van der Waals surface area contributed by atoms with Crippen molar-refractivity contribution in [2.45, 2.75) is 18.9 Å². The summed E-state index contributed by atoms with van der Waals surface area (Å²) in [5.41, 5.74) is -0.899. The number of carbonyl (C=O) groups excluding carboxylic acids is 1. The van der Waals surface area contributed by atoms with Crippen molar-refractivity contribution in [2.75, 3.05) is 0 Å². The maximum Gasteiger partial charge on any atom is 0.329 e. The molecule has 0 radical (unpaired) electrons. The first kappa shape index (κ1) is 17.0. The first-order chi connectivity index (χ1) is 10.8. The summed E-state index contributed by atoms with van der Waals surface area (Å²) in [5.74, 6) is -2.67. The molecular formula is C17H15ClFNO3.